The number of hydrogen-bond acceptors (Lipinski definition) is 4. The van der Waals surface area contributed by atoms with E-state index in [0.717, 1.165) is 16.7 Å². The number of ether oxygens (including phenoxy) is 2. The van der Waals surface area contributed by atoms with Crippen molar-refractivity contribution in [3.63, 3.8) is 0 Å². The Hall–Kier alpha value is -2.47. The Labute approximate surface area is 179 Å². The van der Waals surface area contributed by atoms with Gasteiger partial charge in [-0.05, 0) is 23.6 Å². The maximum atomic E-state index is 12.9. The minimum absolute atomic E-state index is 0.254. The molecule has 0 aliphatic heterocycles. The third kappa shape index (κ3) is 3.81. The van der Waals surface area contributed by atoms with E-state index < -0.39 is 21.0 Å². The van der Waals surface area contributed by atoms with Crippen LogP contribution in [0.15, 0.2) is 91.0 Å². The highest BCUT2D eigenvalue weighted by Gasteiger charge is 2.58. The van der Waals surface area contributed by atoms with Gasteiger partial charge in [0.25, 0.3) is 0 Å². The Kier molecular flexibility index (Phi) is 6.76. The van der Waals surface area contributed by atoms with E-state index in [0.29, 0.717) is 0 Å². The number of benzene rings is 3. The predicted octanol–water partition coefficient (Wildman–Crippen LogP) is 4.26. The molecule has 0 aromatic heterocycles. The topological polar surface area (TPSA) is 52.6 Å². The summed E-state index contributed by atoms with van der Waals surface area (Å²) in [4.78, 5) is 0. The average Bonchev–Trinajstić information content (AvgIpc) is 2.81. The van der Waals surface area contributed by atoms with Crippen molar-refractivity contribution >= 4 is 9.84 Å². The van der Waals surface area contributed by atoms with Gasteiger partial charge in [-0.25, -0.2) is 8.42 Å². The summed E-state index contributed by atoms with van der Waals surface area (Å²) in [5.74, 6) is -2.14. The van der Waals surface area contributed by atoms with Gasteiger partial charge in [-0.1, -0.05) is 91.0 Å². The summed E-state index contributed by atoms with van der Waals surface area (Å²) >= 11 is 0. The second kappa shape index (κ2) is 9.13. The Morgan fingerprint density at radius 3 is 1.30 bits per heavy atom. The predicted molar refractivity (Wildman–Crippen MR) is 120 cm³/mol. The van der Waals surface area contributed by atoms with Gasteiger partial charge in [0.15, 0.2) is 15.6 Å². The van der Waals surface area contributed by atoms with Crippen molar-refractivity contribution in [3.05, 3.63) is 115 Å². The first-order valence-corrected chi connectivity index (χ1v) is 11.5. The molecule has 0 aliphatic carbocycles. The van der Waals surface area contributed by atoms with Gasteiger partial charge in [0.2, 0.25) is 0 Å². The lowest BCUT2D eigenvalue weighted by Crippen LogP contribution is -2.59. The van der Waals surface area contributed by atoms with Gasteiger partial charge in [0, 0.05) is 14.2 Å². The van der Waals surface area contributed by atoms with Gasteiger partial charge in [-0.15, -0.1) is 0 Å². The van der Waals surface area contributed by atoms with Crippen molar-refractivity contribution in [2.45, 2.75) is 11.2 Å². The molecule has 157 valence electrons. The summed E-state index contributed by atoms with van der Waals surface area (Å²) in [7, 11) is -0.586. The summed E-state index contributed by atoms with van der Waals surface area (Å²) in [6.07, 6.45) is 0. The Morgan fingerprint density at radius 1 is 0.700 bits per heavy atom. The Balaban J connectivity index is 2.50. The van der Waals surface area contributed by atoms with Crippen molar-refractivity contribution in [2.75, 3.05) is 25.7 Å². The molecule has 3 rings (SSSR count). The van der Waals surface area contributed by atoms with Crippen molar-refractivity contribution in [1.29, 1.82) is 0 Å². The minimum atomic E-state index is -3.57. The van der Waals surface area contributed by atoms with Crippen LogP contribution in [0.5, 0.6) is 0 Å². The molecular formula is C25H27O4S. The smallest absolute Gasteiger partial charge is 0.199 e. The first-order chi connectivity index (χ1) is 14.5. The molecule has 30 heavy (non-hydrogen) atoms. The maximum absolute atomic E-state index is 12.9. The van der Waals surface area contributed by atoms with Crippen LogP contribution in [-0.4, -0.2) is 39.9 Å². The molecule has 0 spiro atoms. The van der Waals surface area contributed by atoms with E-state index in [-0.39, 0.29) is 11.5 Å². The molecule has 5 heteroatoms. The largest absolute Gasteiger partial charge is 0.351 e. The molecule has 4 nitrogen and oxygen atoms in total. The second-order valence-corrected chi connectivity index (χ2v) is 9.29. The summed E-state index contributed by atoms with van der Waals surface area (Å²) < 4.78 is 37.8. The van der Waals surface area contributed by atoms with Crippen LogP contribution in [0.25, 0.3) is 0 Å². The van der Waals surface area contributed by atoms with Crippen LogP contribution in [0, 0.1) is 6.92 Å². The standard InChI is InChI=1S/C25H27O4S/c1-4-30(26,27)20-24(28-2,29-3)25(21-14-8-5-9-15-21,22-16-10-6-11-17-22)23-18-12-7-13-19-23/h5-19H,1,4,20H2,2-3H3. The highest BCUT2D eigenvalue weighted by atomic mass is 32.2. The Morgan fingerprint density at radius 2 is 1.03 bits per heavy atom. The molecule has 0 heterocycles. The third-order valence-electron chi connectivity index (χ3n) is 5.57. The molecule has 0 atom stereocenters. The van der Waals surface area contributed by atoms with Gasteiger partial charge in [0.05, 0.1) is 5.75 Å². The fourth-order valence-corrected chi connectivity index (χ4v) is 5.38. The normalized spacial score (nSPS) is 12.6. The van der Waals surface area contributed by atoms with Crippen LogP contribution in [0.2, 0.25) is 0 Å². The number of methoxy groups -OCH3 is 2. The molecule has 0 bridgehead atoms. The zero-order valence-corrected chi connectivity index (χ0v) is 18.1. The van der Waals surface area contributed by atoms with Crippen molar-refractivity contribution in [1.82, 2.24) is 0 Å². The SMILES string of the molecule is [CH2]CS(=O)(=O)CC(OC)(OC)C(c1ccccc1)(c1ccccc1)c1ccccc1. The minimum Gasteiger partial charge on any atom is -0.351 e. The van der Waals surface area contributed by atoms with Crippen LogP contribution < -0.4 is 0 Å². The highest BCUT2D eigenvalue weighted by molar-refractivity contribution is 7.91. The molecule has 0 N–H and O–H groups in total. The third-order valence-corrected chi connectivity index (χ3v) is 7.01. The van der Waals surface area contributed by atoms with E-state index in [2.05, 4.69) is 6.92 Å². The van der Waals surface area contributed by atoms with Gasteiger partial charge < -0.3 is 9.47 Å². The average molecular weight is 424 g/mol. The molecule has 0 aliphatic rings. The first kappa shape index (κ1) is 22.2. The van der Waals surface area contributed by atoms with E-state index in [9.17, 15) is 8.42 Å². The molecule has 0 saturated carbocycles. The molecule has 0 fully saturated rings. The van der Waals surface area contributed by atoms with Crippen LogP contribution in [-0.2, 0) is 24.7 Å². The van der Waals surface area contributed by atoms with E-state index in [1.807, 2.05) is 91.0 Å². The monoisotopic (exact) mass is 423 g/mol. The van der Waals surface area contributed by atoms with E-state index >= 15 is 0 Å². The lowest BCUT2D eigenvalue weighted by atomic mass is 9.64. The van der Waals surface area contributed by atoms with Crippen LogP contribution in [0.1, 0.15) is 16.7 Å². The summed E-state index contributed by atoms with van der Waals surface area (Å²) in [6.45, 7) is 3.61. The van der Waals surface area contributed by atoms with Crippen molar-refractivity contribution in [2.24, 2.45) is 0 Å². The fraction of sp³-hybridized carbons (Fsp3) is 0.240. The van der Waals surface area contributed by atoms with E-state index in [1.54, 1.807) is 0 Å². The van der Waals surface area contributed by atoms with Gasteiger partial charge >= 0.3 is 0 Å². The zero-order valence-electron chi connectivity index (χ0n) is 17.3. The van der Waals surface area contributed by atoms with Crippen molar-refractivity contribution < 1.29 is 17.9 Å². The molecule has 3 aromatic carbocycles. The summed E-state index contributed by atoms with van der Waals surface area (Å²) in [5.41, 5.74) is 1.55. The quantitative estimate of drug-likeness (QED) is 0.381. The van der Waals surface area contributed by atoms with Crippen LogP contribution >= 0.6 is 0 Å². The summed E-state index contributed by atoms with van der Waals surface area (Å²) in [5, 5.41) is 0. The zero-order chi connectivity index (χ0) is 21.7. The molecule has 0 saturated heterocycles. The molecule has 1 radical (unpaired) electrons. The van der Waals surface area contributed by atoms with Crippen LogP contribution in [0.4, 0.5) is 0 Å². The van der Waals surface area contributed by atoms with Crippen LogP contribution in [0.3, 0.4) is 0 Å². The first-order valence-electron chi connectivity index (χ1n) is 9.72. The number of sulfone groups is 1. The number of hydrogen-bond donors (Lipinski definition) is 0. The van der Waals surface area contributed by atoms with E-state index in [1.165, 1.54) is 14.2 Å². The fourth-order valence-electron chi connectivity index (χ4n) is 4.20. The summed E-state index contributed by atoms with van der Waals surface area (Å²) in [6, 6.07) is 29.2. The van der Waals surface area contributed by atoms with Crippen molar-refractivity contribution in [3.8, 4) is 0 Å². The molecule has 3 aromatic rings. The molecule has 0 amide bonds. The lowest BCUT2D eigenvalue weighted by molar-refractivity contribution is -0.218. The maximum Gasteiger partial charge on any atom is 0.199 e. The number of rotatable bonds is 9. The molecule has 0 unspecified atom stereocenters. The van der Waals surface area contributed by atoms with Gasteiger partial charge in [-0.2, -0.15) is 0 Å². The van der Waals surface area contributed by atoms with Gasteiger partial charge in [-0.3, -0.25) is 0 Å². The molecular weight excluding hydrogens is 396 g/mol. The highest BCUT2D eigenvalue weighted by Crippen LogP contribution is 2.50. The van der Waals surface area contributed by atoms with E-state index in [4.69, 9.17) is 9.47 Å². The van der Waals surface area contributed by atoms with Gasteiger partial charge in [0.1, 0.15) is 11.2 Å². The lowest BCUT2D eigenvalue weighted by Gasteiger charge is -2.49. The Bertz CT molecular complexity index is 932. The second-order valence-electron chi connectivity index (χ2n) is 7.10.